The molecule has 6 nitrogen and oxygen atoms in total. The molecule has 1 saturated heterocycles. The summed E-state index contributed by atoms with van der Waals surface area (Å²) >= 11 is 0. The van der Waals surface area contributed by atoms with Crippen molar-refractivity contribution in [2.24, 2.45) is 0 Å². The second-order valence-electron chi connectivity index (χ2n) is 9.38. The second kappa shape index (κ2) is 7.94. The number of benzene rings is 1. The summed E-state index contributed by atoms with van der Waals surface area (Å²) in [6, 6.07) is 6.31. The molecule has 3 aliphatic rings. The Morgan fingerprint density at radius 3 is 2.69 bits per heavy atom. The van der Waals surface area contributed by atoms with Gasteiger partial charge in [-0.3, -0.25) is 14.5 Å². The number of carbonyl (C=O) groups is 2. The first-order chi connectivity index (χ1) is 15.4. The van der Waals surface area contributed by atoms with E-state index >= 15 is 0 Å². The Labute approximate surface area is 187 Å². The fourth-order valence-electron chi connectivity index (χ4n) is 5.78. The normalized spacial score (nSPS) is 22.3. The van der Waals surface area contributed by atoms with Gasteiger partial charge in [-0.05, 0) is 56.7 Å². The molecule has 1 atom stereocenters. The molecule has 2 fully saturated rings. The fourth-order valence-corrected chi connectivity index (χ4v) is 5.78. The number of fused-ring (bicyclic) bond motifs is 1. The second-order valence-corrected chi connectivity index (χ2v) is 9.38. The standard InChI is InChI=1S/C25H29FN4O2/c1-16-19-10-11-21(31)29(2)23(19)28-22(27-16)20-9-6-14-30(20)24(32)25(12-3-4-13-25)17-7-5-8-18(26)15-17/h5,7-8,15,20H,3-4,6,9-14H2,1-2H3/t20-/m1/s1. The Bertz CT molecular complexity index is 1080. The maximum atomic E-state index is 14.1. The number of rotatable bonds is 3. The summed E-state index contributed by atoms with van der Waals surface area (Å²) in [6.07, 6.45) is 6.19. The van der Waals surface area contributed by atoms with Crippen LogP contribution < -0.4 is 4.90 Å². The molecule has 0 N–H and O–H groups in total. The fraction of sp³-hybridized carbons (Fsp3) is 0.520. The average Bonchev–Trinajstić information content (AvgIpc) is 3.46. The molecule has 2 amide bonds. The SMILES string of the molecule is Cc1nc([C@H]2CCCN2C(=O)C2(c3cccc(F)c3)CCCC2)nc2c1CCC(=O)N2C. The molecule has 1 aromatic carbocycles. The van der Waals surface area contributed by atoms with E-state index in [1.54, 1.807) is 18.0 Å². The van der Waals surface area contributed by atoms with Crippen molar-refractivity contribution in [2.45, 2.75) is 69.7 Å². The molecule has 0 unspecified atom stereocenters. The third kappa shape index (κ3) is 3.29. The summed E-state index contributed by atoms with van der Waals surface area (Å²) in [5.74, 6) is 1.09. The topological polar surface area (TPSA) is 66.4 Å². The number of anilines is 1. The van der Waals surface area contributed by atoms with Crippen molar-refractivity contribution in [1.82, 2.24) is 14.9 Å². The maximum Gasteiger partial charge on any atom is 0.233 e. The molecular weight excluding hydrogens is 407 g/mol. The molecule has 1 saturated carbocycles. The summed E-state index contributed by atoms with van der Waals surface area (Å²) in [5.41, 5.74) is 1.99. The van der Waals surface area contributed by atoms with E-state index in [0.29, 0.717) is 31.0 Å². The van der Waals surface area contributed by atoms with E-state index in [4.69, 9.17) is 9.97 Å². The van der Waals surface area contributed by atoms with E-state index in [1.165, 1.54) is 12.1 Å². The summed E-state index contributed by atoms with van der Waals surface area (Å²) in [5, 5.41) is 0. The molecule has 0 radical (unpaired) electrons. The maximum absolute atomic E-state index is 14.1. The third-order valence-corrected chi connectivity index (χ3v) is 7.55. The number of likely N-dealkylation sites (tertiary alicyclic amines) is 1. The number of hydrogen-bond donors (Lipinski definition) is 0. The molecule has 1 aromatic heterocycles. The van der Waals surface area contributed by atoms with Crippen LogP contribution in [0.4, 0.5) is 10.2 Å². The number of halogens is 1. The first-order valence-electron chi connectivity index (χ1n) is 11.6. The van der Waals surface area contributed by atoms with Crippen molar-refractivity contribution in [1.29, 1.82) is 0 Å². The van der Waals surface area contributed by atoms with Gasteiger partial charge in [0.15, 0.2) is 5.82 Å². The lowest BCUT2D eigenvalue weighted by atomic mass is 9.77. The molecule has 7 heteroatoms. The van der Waals surface area contributed by atoms with Crippen LogP contribution in [0.25, 0.3) is 0 Å². The van der Waals surface area contributed by atoms with Crippen LogP contribution >= 0.6 is 0 Å². The van der Waals surface area contributed by atoms with E-state index in [0.717, 1.165) is 55.3 Å². The van der Waals surface area contributed by atoms with Gasteiger partial charge >= 0.3 is 0 Å². The van der Waals surface area contributed by atoms with E-state index in [1.807, 2.05) is 17.9 Å². The first kappa shape index (κ1) is 21.0. The van der Waals surface area contributed by atoms with Crippen molar-refractivity contribution in [3.8, 4) is 0 Å². The molecule has 3 heterocycles. The highest BCUT2D eigenvalue weighted by molar-refractivity contribution is 5.95. The highest BCUT2D eigenvalue weighted by Crippen LogP contribution is 2.46. The van der Waals surface area contributed by atoms with E-state index < -0.39 is 5.41 Å². The van der Waals surface area contributed by atoms with Gasteiger partial charge in [0.25, 0.3) is 0 Å². The Hall–Kier alpha value is -2.83. The van der Waals surface area contributed by atoms with E-state index in [9.17, 15) is 14.0 Å². The molecule has 32 heavy (non-hydrogen) atoms. The third-order valence-electron chi connectivity index (χ3n) is 7.55. The summed E-state index contributed by atoms with van der Waals surface area (Å²) in [7, 11) is 1.76. The zero-order valence-electron chi connectivity index (χ0n) is 18.7. The number of carbonyl (C=O) groups excluding carboxylic acids is 2. The highest BCUT2D eigenvalue weighted by atomic mass is 19.1. The number of aromatic nitrogens is 2. The van der Waals surface area contributed by atoms with Gasteiger partial charge in [-0.25, -0.2) is 14.4 Å². The quantitative estimate of drug-likeness (QED) is 0.729. The van der Waals surface area contributed by atoms with Gasteiger partial charge in [0.2, 0.25) is 11.8 Å². The van der Waals surface area contributed by atoms with Crippen molar-refractivity contribution in [3.05, 3.63) is 52.7 Å². The lowest BCUT2D eigenvalue weighted by Crippen LogP contribution is -2.45. The Morgan fingerprint density at radius 1 is 1.16 bits per heavy atom. The monoisotopic (exact) mass is 436 g/mol. The minimum Gasteiger partial charge on any atom is -0.332 e. The zero-order valence-corrected chi connectivity index (χ0v) is 18.7. The molecule has 1 aliphatic carbocycles. The number of hydrogen-bond acceptors (Lipinski definition) is 4. The van der Waals surface area contributed by atoms with E-state index in [2.05, 4.69) is 0 Å². The molecule has 0 spiro atoms. The minimum atomic E-state index is -0.680. The number of aryl methyl sites for hydroxylation is 1. The van der Waals surface area contributed by atoms with Gasteiger partial charge in [-0.2, -0.15) is 0 Å². The number of amides is 2. The molecule has 2 aliphatic heterocycles. The van der Waals surface area contributed by atoms with Gasteiger partial charge in [0.05, 0.1) is 11.5 Å². The largest absolute Gasteiger partial charge is 0.332 e. The van der Waals surface area contributed by atoms with Crippen molar-refractivity contribution in [3.63, 3.8) is 0 Å². The van der Waals surface area contributed by atoms with Gasteiger partial charge in [-0.1, -0.05) is 25.0 Å². The smallest absolute Gasteiger partial charge is 0.233 e. The molecule has 0 bridgehead atoms. The minimum absolute atomic E-state index is 0.0527. The van der Waals surface area contributed by atoms with Crippen LogP contribution in [0.2, 0.25) is 0 Å². The van der Waals surface area contributed by atoms with Crippen molar-refractivity contribution in [2.75, 3.05) is 18.5 Å². The predicted octanol–water partition coefficient (Wildman–Crippen LogP) is 4.01. The molecule has 2 aromatic rings. The van der Waals surface area contributed by atoms with Crippen LogP contribution in [-0.4, -0.2) is 40.3 Å². The van der Waals surface area contributed by atoms with Gasteiger partial charge in [0.1, 0.15) is 11.6 Å². The Morgan fingerprint density at radius 2 is 1.94 bits per heavy atom. The van der Waals surface area contributed by atoms with E-state index in [-0.39, 0.29) is 23.7 Å². The molecule has 168 valence electrons. The van der Waals surface area contributed by atoms with Gasteiger partial charge in [-0.15, -0.1) is 0 Å². The lowest BCUT2D eigenvalue weighted by Gasteiger charge is -2.36. The Balaban J connectivity index is 1.52. The summed E-state index contributed by atoms with van der Waals surface area (Å²) in [6.45, 7) is 2.61. The van der Waals surface area contributed by atoms with Crippen LogP contribution in [-0.2, 0) is 21.4 Å². The summed E-state index contributed by atoms with van der Waals surface area (Å²) in [4.78, 5) is 39.4. The van der Waals surface area contributed by atoms with Gasteiger partial charge in [0, 0.05) is 31.3 Å². The highest BCUT2D eigenvalue weighted by Gasteiger charge is 2.48. The van der Waals surface area contributed by atoms with Crippen LogP contribution in [0, 0.1) is 12.7 Å². The predicted molar refractivity (Wildman–Crippen MR) is 119 cm³/mol. The van der Waals surface area contributed by atoms with Gasteiger partial charge < -0.3 is 4.90 Å². The first-order valence-corrected chi connectivity index (χ1v) is 11.6. The number of nitrogens with zero attached hydrogens (tertiary/aromatic N) is 4. The lowest BCUT2D eigenvalue weighted by molar-refractivity contribution is -0.138. The van der Waals surface area contributed by atoms with Crippen molar-refractivity contribution < 1.29 is 14.0 Å². The van der Waals surface area contributed by atoms with Crippen LogP contribution in [0.15, 0.2) is 24.3 Å². The zero-order chi connectivity index (χ0) is 22.5. The van der Waals surface area contributed by atoms with Crippen molar-refractivity contribution >= 4 is 17.6 Å². The van der Waals surface area contributed by atoms with Crippen LogP contribution in [0.1, 0.15) is 73.6 Å². The van der Waals surface area contributed by atoms with Crippen LogP contribution in [0.5, 0.6) is 0 Å². The van der Waals surface area contributed by atoms with Crippen LogP contribution in [0.3, 0.4) is 0 Å². The summed E-state index contributed by atoms with van der Waals surface area (Å²) < 4.78 is 14.1. The Kier molecular flexibility index (Phi) is 5.22. The average molecular weight is 437 g/mol. The molecular formula is C25H29FN4O2. The molecule has 5 rings (SSSR count).